The molecular formula is C25H59NO6Si2. The summed E-state index contributed by atoms with van der Waals surface area (Å²) in [7, 11) is 5.27. The monoisotopic (exact) mass is 525 g/mol. The summed E-state index contributed by atoms with van der Waals surface area (Å²) in [6.07, 6.45) is 20.2. The quantitative estimate of drug-likeness (QED) is 0.113. The van der Waals surface area contributed by atoms with Gasteiger partial charge in [-0.3, -0.25) is 0 Å². The first-order chi connectivity index (χ1) is 16.5. The average molecular weight is 526 g/mol. The zero-order chi connectivity index (χ0) is 26.0. The molecule has 0 aromatic rings. The summed E-state index contributed by atoms with van der Waals surface area (Å²) in [4.78, 5) is 0. The predicted molar refractivity (Wildman–Crippen MR) is 147 cm³/mol. The van der Waals surface area contributed by atoms with Crippen molar-refractivity contribution < 1.29 is 26.6 Å². The number of nitrogens with two attached hydrogens (primary N) is 1. The van der Waals surface area contributed by atoms with Crippen LogP contribution in [0.25, 0.3) is 0 Å². The van der Waals surface area contributed by atoms with Crippen LogP contribution in [-0.4, -0.2) is 66.8 Å². The second-order valence-electron chi connectivity index (χ2n) is 8.83. The predicted octanol–water partition coefficient (Wildman–Crippen LogP) is 6.56. The lowest BCUT2D eigenvalue weighted by Gasteiger charge is -2.24. The van der Waals surface area contributed by atoms with Crippen molar-refractivity contribution in [1.82, 2.24) is 0 Å². The van der Waals surface area contributed by atoms with Crippen LogP contribution >= 0.6 is 0 Å². The van der Waals surface area contributed by atoms with Gasteiger partial charge < -0.3 is 32.3 Å². The minimum atomic E-state index is -2.32. The highest BCUT2D eigenvalue weighted by Gasteiger charge is 2.37. The minimum Gasteiger partial charge on any atom is -0.377 e. The summed E-state index contributed by atoms with van der Waals surface area (Å²) in [5, 5.41) is 0. The van der Waals surface area contributed by atoms with Crippen LogP contribution in [-0.2, 0) is 26.6 Å². The Kier molecular flexibility index (Phi) is 28.0. The highest BCUT2D eigenvalue weighted by Crippen LogP contribution is 2.19. The van der Waals surface area contributed by atoms with Gasteiger partial charge in [-0.2, -0.15) is 0 Å². The first kappa shape index (κ1) is 36.3. The molecule has 0 unspecified atom stereocenters. The van der Waals surface area contributed by atoms with Crippen molar-refractivity contribution in [2.75, 3.05) is 49.2 Å². The molecule has 34 heavy (non-hydrogen) atoms. The van der Waals surface area contributed by atoms with Crippen molar-refractivity contribution in [3.05, 3.63) is 0 Å². The van der Waals surface area contributed by atoms with Gasteiger partial charge in [0.25, 0.3) is 0 Å². The van der Waals surface area contributed by atoms with Gasteiger partial charge in [0.05, 0.1) is 0 Å². The molecule has 7 nitrogen and oxygen atoms in total. The van der Waals surface area contributed by atoms with Crippen LogP contribution in [0.15, 0.2) is 0 Å². The molecule has 0 rings (SSSR count). The third-order valence-electron chi connectivity index (χ3n) is 6.39. The lowest BCUT2D eigenvalue weighted by Crippen LogP contribution is -2.42. The third-order valence-corrected chi connectivity index (χ3v) is 12.1. The molecule has 0 fully saturated rings. The van der Waals surface area contributed by atoms with Crippen LogP contribution in [0.1, 0.15) is 103 Å². The van der Waals surface area contributed by atoms with Gasteiger partial charge in [0.1, 0.15) is 0 Å². The maximum Gasteiger partial charge on any atom is 0.500 e. The fourth-order valence-electron chi connectivity index (χ4n) is 3.97. The van der Waals surface area contributed by atoms with Crippen LogP contribution in [0.2, 0.25) is 12.1 Å². The van der Waals surface area contributed by atoms with Gasteiger partial charge in [-0.15, -0.1) is 0 Å². The summed E-state index contributed by atoms with van der Waals surface area (Å²) >= 11 is 0. The number of hydrogen-bond acceptors (Lipinski definition) is 7. The van der Waals surface area contributed by atoms with Gasteiger partial charge in [-0.1, -0.05) is 90.4 Å². The van der Waals surface area contributed by atoms with Crippen LogP contribution < -0.4 is 5.73 Å². The van der Waals surface area contributed by atoms with Gasteiger partial charge in [0.15, 0.2) is 0 Å². The molecule has 0 saturated heterocycles. The van der Waals surface area contributed by atoms with Gasteiger partial charge >= 0.3 is 17.6 Å². The Morgan fingerprint density at radius 2 is 0.676 bits per heavy atom. The van der Waals surface area contributed by atoms with E-state index in [1.165, 1.54) is 83.5 Å². The molecule has 0 radical (unpaired) electrons. The SMILES string of the molecule is CCCCCCCCCCCCCCCC[Si](OC)(OC)OC.CO[Si](CCCN)(OC)OC. The molecule has 0 aliphatic heterocycles. The van der Waals surface area contributed by atoms with E-state index in [0.29, 0.717) is 6.54 Å². The maximum atomic E-state index is 5.44. The Morgan fingerprint density at radius 3 is 0.941 bits per heavy atom. The molecule has 0 bridgehead atoms. The van der Waals surface area contributed by atoms with Crippen LogP contribution in [0.3, 0.4) is 0 Å². The summed E-state index contributed by atoms with van der Waals surface area (Å²) in [5.41, 5.74) is 5.36. The molecular weight excluding hydrogens is 466 g/mol. The highest BCUT2D eigenvalue weighted by atomic mass is 28.4. The average Bonchev–Trinajstić information content (AvgIpc) is 2.88. The molecule has 0 heterocycles. The molecule has 9 heteroatoms. The Hall–Kier alpha value is 0.154. The molecule has 0 atom stereocenters. The van der Waals surface area contributed by atoms with Crippen molar-refractivity contribution in [3.63, 3.8) is 0 Å². The van der Waals surface area contributed by atoms with Gasteiger partial charge in [0, 0.05) is 54.7 Å². The molecule has 0 spiro atoms. The topological polar surface area (TPSA) is 81.4 Å². The van der Waals surface area contributed by atoms with E-state index in [0.717, 1.165) is 24.9 Å². The molecule has 0 aromatic heterocycles. The number of hydrogen-bond donors (Lipinski definition) is 1. The standard InChI is InChI=1S/C19H42O3Si.C6H17NO3Si/c1-5-6-7-8-9-10-11-12-13-14-15-16-17-18-19-23(20-2,21-3)22-4;1-8-11(9-2,10-3)6-4-5-7/h5-19H2,1-4H3;4-7H2,1-3H3. The first-order valence-corrected chi connectivity index (χ1v) is 17.4. The molecule has 0 saturated carbocycles. The van der Waals surface area contributed by atoms with E-state index in [1.807, 2.05) is 0 Å². The van der Waals surface area contributed by atoms with Crippen molar-refractivity contribution in [1.29, 1.82) is 0 Å². The summed E-state index contributed by atoms with van der Waals surface area (Å²) in [6.45, 7) is 2.93. The highest BCUT2D eigenvalue weighted by molar-refractivity contribution is 6.60. The van der Waals surface area contributed by atoms with E-state index in [-0.39, 0.29) is 0 Å². The van der Waals surface area contributed by atoms with Crippen molar-refractivity contribution in [2.45, 2.75) is 115 Å². The molecule has 2 N–H and O–H groups in total. The Balaban J connectivity index is 0. The van der Waals surface area contributed by atoms with Crippen LogP contribution in [0, 0.1) is 0 Å². The van der Waals surface area contributed by atoms with E-state index in [1.54, 1.807) is 42.7 Å². The summed E-state index contributed by atoms with van der Waals surface area (Å²) < 4.78 is 31.9. The smallest absolute Gasteiger partial charge is 0.377 e. The first-order valence-electron chi connectivity index (χ1n) is 13.5. The Morgan fingerprint density at radius 1 is 0.412 bits per heavy atom. The van der Waals surface area contributed by atoms with E-state index in [4.69, 9.17) is 32.3 Å². The summed E-state index contributed by atoms with van der Waals surface area (Å²) in [5.74, 6) is 0. The molecule has 0 aliphatic rings. The zero-order valence-corrected chi connectivity index (χ0v) is 25.8. The number of unbranched alkanes of at least 4 members (excludes halogenated alkanes) is 13. The lowest BCUT2D eigenvalue weighted by molar-refractivity contribution is 0.122. The van der Waals surface area contributed by atoms with Crippen molar-refractivity contribution in [3.8, 4) is 0 Å². The van der Waals surface area contributed by atoms with Crippen molar-refractivity contribution >= 4 is 17.6 Å². The fourth-order valence-corrected chi connectivity index (χ4v) is 7.51. The van der Waals surface area contributed by atoms with E-state index in [2.05, 4.69) is 6.92 Å². The Labute approximate surface area is 214 Å². The lowest BCUT2D eigenvalue weighted by atomic mass is 10.0. The number of rotatable bonds is 24. The molecule has 208 valence electrons. The van der Waals surface area contributed by atoms with Gasteiger partial charge in [-0.05, 0) is 19.4 Å². The second-order valence-corrected chi connectivity index (χ2v) is 15.0. The maximum absolute atomic E-state index is 5.44. The van der Waals surface area contributed by atoms with Crippen molar-refractivity contribution in [2.24, 2.45) is 5.73 Å². The van der Waals surface area contributed by atoms with E-state index < -0.39 is 17.6 Å². The van der Waals surface area contributed by atoms with Gasteiger partial charge in [-0.25, -0.2) is 0 Å². The third kappa shape index (κ3) is 19.4. The molecule has 0 aromatic carbocycles. The molecule has 0 aliphatic carbocycles. The Bertz CT molecular complexity index is 383. The van der Waals surface area contributed by atoms with Crippen LogP contribution in [0.5, 0.6) is 0 Å². The van der Waals surface area contributed by atoms with E-state index in [9.17, 15) is 0 Å². The summed E-state index contributed by atoms with van der Waals surface area (Å²) in [6, 6.07) is 1.72. The van der Waals surface area contributed by atoms with Crippen LogP contribution in [0.4, 0.5) is 0 Å². The van der Waals surface area contributed by atoms with E-state index >= 15 is 0 Å². The minimum absolute atomic E-state index is 0.644. The fraction of sp³-hybridized carbons (Fsp3) is 1.00. The second kappa shape index (κ2) is 26.2. The normalized spacial score (nSPS) is 12.0. The molecule has 0 amide bonds. The van der Waals surface area contributed by atoms with Gasteiger partial charge in [0.2, 0.25) is 0 Å². The zero-order valence-electron chi connectivity index (χ0n) is 23.8. The largest absolute Gasteiger partial charge is 0.500 e.